The zero-order valence-corrected chi connectivity index (χ0v) is 19.4. The molecule has 3 heterocycles. The Morgan fingerprint density at radius 3 is 2.78 bits per heavy atom. The van der Waals surface area contributed by atoms with E-state index in [1.54, 1.807) is 24.0 Å². The van der Waals surface area contributed by atoms with Crippen LogP contribution in [-0.4, -0.2) is 39.7 Å². The highest BCUT2D eigenvalue weighted by Crippen LogP contribution is 2.25. The lowest BCUT2D eigenvalue weighted by atomic mass is 9.96. The van der Waals surface area contributed by atoms with Crippen molar-refractivity contribution in [2.75, 3.05) is 0 Å². The Morgan fingerprint density at radius 2 is 2.03 bits per heavy atom. The molecular weight excluding hydrogens is 452 g/mol. The minimum atomic E-state index is -3.93. The average Bonchev–Trinajstić information content (AvgIpc) is 3.25. The topological polar surface area (TPSA) is 111 Å². The lowest BCUT2D eigenvalue weighted by molar-refractivity contribution is -0.114. The van der Waals surface area contributed by atoms with E-state index in [-0.39, 0.29) is 6.04 Å². The fourth-order valence-corrected chi connectivity index (χ4v) is 5.34. The van der Waals surface area contributed by atoms with Gasteiger partial charge in [-0.25, -0.2) is 9.71 Å². The van der Waals surface area contributed by atoms with E-state index < -0.39 is 16.1 Å². The van der Waals surface area contributed by atoms with Crippen LogP contribution in [0.5, 0.6) is 0 Å². The zero-order valence-electron chi connectivity index (χ0n) is 17.9. The van der Waals surface area contributed by atoms with Gasteiger partial charge in [-0.3, -0.25) is 14.0 Å². The Labute approximate surface area is 191 Å². The first-order chi connectivity index (χ1) is 15.2. The maximum atomic E-state index is 12.4. The van der Waals surface area contributed by atoms with Crippen LogP contribution in [0.2, 0.25) is 5.02 Å². The average molecular weight is 477 g/mol. The molecule has 170 valence electrons. The van der Waals surface area contributed by atoms with Gasteiger partial charge >= 0.3 is 10.2 Å². The van der Waals surface area contributed by atoms with Gasteiger partial charge in [0, 0.05) is 42.5 Å². The van der Waals surface area contributed by atoms with Crippen molar-refractivity contribution in [1.82, 2.24) is 28.8 Å². The molecule has 0 atom stereocenters. The summed E-state index contributed by atoms with van der Waals surface area (Å²) in [6.07, 6.45) is 10.8. The van der Waals surface area contributed by atoms with E-state index >= 15 is 0 Å². The minimum Gasteiger partial charge on any atom is -0.285 e. The number of nitrogens with zero attached hydrogens (tertiary/aromatic N) is 4. The van der Waals surface area contributed by atoms with Gasteiger partial charge in [0.2, 0.25) is 0 Å². The normalized spacial score (nSPS) is 15.6. The molecule has 3 aromatic heterocycles. The van der Waals surface area contributed by atoms with E-state index in [2.05, 4.69) is 19.5 Å². The zero-order chi connectivity index (χ0) is 22.9. The second-order valence-corrected chi connectivity index (χ2v) is 9.84. The van der Waals surface area contributed by atoms with Crippen molar-refractivity contribution >= 4 is 44.8 Å². The SMILES string of the molecule is Cc1nn(C)c(-n2ccc3cc(Cl)cnc32)c1/C=C/C(=O)NS(=O)(=O)NC1CCCCC1. The summed E-state index contributed by atoms with van der Waals surface area (Å²) in [5.41, 5.74) is 2.05. The van der Waals surface area contributed by atoms with Crippen LogP contribution in [-0.2, 0) is 22.1 Å². The van der Waals surface area contributed by atoms with E-state index in [0.717, 1.165) is 37.5 Å². The summed E-state index contributed by atoms with van der Waals surface area (Å²) in [7, 11) is -2.13. The first kappa shape index (κ1) is 22.5. The minimum absolute atomic E-state index is 0.131. The quantitative estimate of drug-likeness (QED) is 0.531. The van der Waals surface area contributed by atoms with Crippen LogP contribution in [0.3, 0.4) is 0 Å². The lowest BCUT2D eigenvalue weighted by Gasteiger charge is -2.22. The molecule has 2 N–H and O–H groups in total. The highest BCUT2D eigenvalue weighted by Gasteiger charge is 2.21. The number of amides is 1. The molecule has 32 heavy (non-hydrogen) atoms. The molecule has 1 saturated carbocycles. The number of hydrogen-bond donors (Lipinski definition) is 2. The first-order valence-electron chi connectivity index (χ1n) is 10.4. The predicted octanol–water partition coefficient (Wildman–Crippen LogP) is 3.02. The summed E-state index contributed by atoms with van der Waals surface area (Å²) < 4.78 is 32.8. The number of carbonyl (C=O) groups is 1. The van der Waals surface area contributed by atoms with Crippen LogP contribution in [0.15, 0.2) is 30.6 Å². The Morgan fingerprint density at radius 1 is 1.28 bits per heavy atom. The van der Waals surface area contributed by atoms with Gasteiger partial charge in [-0.15, -0.1) is 0 Å². The van der Waals surface area contributed by atoms with Crippen molar-refractivity contribution < 1.29 is 13.2 Å². The third-order valence-electron chi connectivity index (χ3n) is 5.52. The summed E-state index contributed by atoms with van der Waals surface area (Å²) in [5.74, 6) is -0.0376. The van der Waals surface area contributed by atoms with E-state index in [1.165, 1.54) is 6.08 Å². The number of nitrogens with one attached hydrogen (secondary N) is 2. The molecule has 3 aromatic rings. The van der Waals surface area contributed by atoms with E-state index in [1.807, 2.05) is 29.8 Å². The number of fused-ring (bicyclic) bond motifs is 1. The van der Waals surface area contributed by atoms with Crippen LogP contribution in [0.4, 0.5) is 0 Å². The summed E-state index contributed by atoms with van der Waals surface area (Å²) in [5, 5.41) is 5.85. The molecular formula is C21H25ClN6O3S. The van der Waals surface area contributed by atoms with Crippen LogP contribution >= 0.6 is 11.6 Å². The number of aryl methyl sites for hydroxylation is 2. The third-order valence-corrected chi connectivity index (χ3v) is 6.84. The van der Waals surface area contributed by atoms with Gasteiger partial charge in [-0.05, 0) is 38.0 Å². The van der Waals surface area contributed by atoms with E-state index in [4.69, 9.17) is 11.6 Å². The van der Waals surface area contributed by atoms with Gasteiger partial charge in [-0.2, -0.15) is 18.2 Å². The molecule has 0 aromatic carbocycles. The molecule has 1 fully saturated rings. The highest BCUT2D eigenvalue weighted by molar-refractivity contribution is 7.88. The van der Waals surface area contributed by atoms with Crippen molar-refractivity contribution in [3.8, 4) is 5.82 Å². The molecule has 0 saturated heterocycles. The fraction of sp³-hybridized carbons (Fsp3) is 0.381. The summed E-state index contributed by atoms with van der Waals surface area (Å²) in [6.45, 7) is 1.82. The van der Waals surface area contributed by atoms with Gasteiger partial charge < -0.3 is 0 Å². The van der Waals surface area contributed by atoms with E-state index in [9.17, 15) is 13.2 Å². The number of aromatic nitrogens is 4. The standard InChI is InChI=1S/C21H25ClN6O3S/c1-14-18(8-9-19(29)26-32(30,31)25-17-6-4-3-5-7-17)21(27(2)24-14)28-11-10-15-12-16(22)13-23-20(15)28/h8-13,17,25H,3-7H2,1-2H3,(H,26,29)/b9-8+. The molecule has 0 aliphatic heterocycles. The van der Waals surface area contributed by atoms with Crippen LogP contribution in [0.25, 0.3) is 22.9 Å². The Balaban J connectivity index is 1.56. The third kappa shape index (κ3) is 4.87. The molecule has 9 nitrogen and oxygen atoms in total. The number of hydrogen-bond acceptors (Lipinski definition) is 5. The van der Waals surface area contributed by atoms with Gasteiger partial charge in [0.05, 0.1) is 10.7 Å². The van der Waals surface area contributed by atoms with Crippen LogP contribution in [0, 0.1) is 6.92 Å². The Bertz CT molecular complexity index is 1290. The molecule has 0 unspecified atom stereocenters. The van der Waals surface area contributed by atoms with Crippen molar-refractivity contribution in [3.63, 3.8) is 0 Å². The Kier molecular flexibility index (Phi) is 6.36. The molecule has 1 aliphatic carbocycles. The van der Waals surface area contributed by atoms with E-state index in [0.29, 0.717) is 27.7 Å². The van der Waals surface area contributed by atoms with Crippen molar-refractivity contribution in [2.24, 2.45) is 7.05 Å². The van der Waals surface area contributed by atoms with Crippen molar-refractivity contribution in [1.29, 1.82) is 0 Å². The van der Waals surface area contributed by atoms with Crippen LogP contribution in [0.1, 0.15) is 43.4 Å². The monoisotopic (exact) mass is 476 g/mol. The smallest absolute Gasteiger partial charge is 0.285 e. The van der Waals surface area contributed by atoms with Gasteiger partial charge in [0.1, 0.15) is 11.5 Å². The number of halogens is 1. The van der Waals surface area contributed by atoms with Gasteiger partial charge in [-0.1, -0.05) is 30.9 Å². The maximum Gasteiger partial charge on any atom is 0.301 e. The molecule has 0 radical (unpaired) electrons. The largest absolute Gasteiger partial charge is 0.301 e. The molecule has 11 heteroatoms. The second-order valence-electron chi connectivity index (χ2n) is 7.95. The van der Waals surface area contributed by atoms with Crippen molar-refractivity contribution in [3.05, 3.63) is 46.9 Å². The lowest BCUT2D eigenvalue weighted by Crippen LogP contribution is -2.45. The molecule has 0 bridgehead atoms. The number of carbonyl (C=O) groups excluding carboxylic acids is 1. The van der Waals surface area contributed by atoms with Gasteiger partial charge in [0.25, 0.3) is 5.91 Å². The second kappa shape index (κ2) is 9.05. The maximum absolute atomic E-state index is 12.4. The number of pyridine rings is 1. The molecule has 1 amide bonds. The first-order valence-corrected chi connectivity index (χ1v) is 12.3. The van der Waals surface area contributed by atoms with Crippen molar-refractivity contribution in [2.45, 2.75) is 45.1 Å². The summed E-state index contributed by atoms with van der Waals surface area (Å²) in [6, 6.07) is 3.57. The Hall–Kier alpha value is -2.69. The molecule has 1 aliphatic rings. The summed E-state index contributed by atoms with van der Waals surface area (Å²) >= 11 is 6.04. The summed E-state index contributed by atoms with van der Waals surface area (Å²) in [4.78, 5) is 16.8. The highest BCUT2D eigenvalue weighted by atomic mass is 35.5. The van der Waals surface area contributed by atoms with Gasteiger partial charge in [0.15, 0.2) is 0 Å². The molecule has 4 rings (SSSR count). The van der Waals surface area contributed by atoms with Crippen LogP contribution < -0.4 is 9.44 Å². The predicted molar refractivity (Wildman–Crippen MR) is 124 cm³/mol. The fourth-order valence-electron chi connectivity index (χ4n) is 4.11. The number of rotatable bonds is 6. The molecule has 0 spiro atoms.